The number of benzene rings is 1. The van der Waals surface area contributed by atoms with Gasteiger partial charge in [-0.1, -0.05) is 47.6 Å². The molecule has 1 saturated heterocycles. The fourth-order valence-electron chi connectivity index (χ4n) is 9.25. The second-order valence-corrected chi connectivity index (χ2v) is 17.6. The van der Waals surface area contributed by atoms with Crippen molar-refractivity contribution in [3.05, 3.63) is 29.3 Å². The fourth-order valence-corrected chi connectivity index (χ4v) is 9.62. The van der Waals surface area contributed by atoms with Gasteiger partial charge in [-0.05, 0) is 97.3 Å². The molecule has 1 aromatic carbocycles. The lowest BCUT2D eigenvalue weighted by Gasteiger charge is -2.54. The van der Waals surface area contributed by atoms with Crippen molar-refractivity contribution >= 4 is 22.1 Å². The van der Waals surface area contributed by atoms with Crippen LogP contribution in [0.2, 0.25) is 0 Å². The molecule has 0 radical (unpaired) electrons. The van der Waals surface area contributed by atoms with E-state index in [1.165, 1.54) is 5.56 Å². The Bertz CT molecular complexity index is 1400. The number of aliphatic hydroxyl groups is 1. The van der Waals surface area contributed by atoms with Gasteiger partial charge < -0.3 is 19.5 Å². The summed E-state index contributed by atoms with van der Waals surface area (Å²) in [6, 6.07) is 5.03. The van der Waals surface area contributed by atoms with Crippen molar-refractivity contribution < 1.29 is 27.3 Å². The molecule has 1 aromatic rings. The van der Waals surface area contributed by atoms with Gasteiger partial charge in [0, 0.05) is 44.6 Å². The number of fused-ring (bicyclic) bond motifs is 5. The SMILES string of the molecule is CC(C)C[C@H](NC(=O)CC(C)(C)C)C(=O)N1CCN(C[C@]2(O)CC[C@H]3[C@@H]4CCc5cc(OS(N)(=O)=O)ccc5[C@H]4CC[C@@]32C)CC1. The Morgan fingerprint density at radius 3 is 2.43 bits per heavy atom. The van der Waals surface area contributed by atoms with Gasteiger partial charge in [-0.15, -0.1) is 0 Å². The monoisotopic (exact) mass is 660 g/mol. The number of aryl methyl sites for hydroxylation is 1. The zero-order chi connectivity index (χ0) is 33.7. The standard InChI is InChI=1S/C35H56N4O6S/c1-23(2)19-30(37-31(40)21-33(3,4)5)32(41)39-17-15-38(16-18-39)22-35(42)14-12-29-28-9-7-24-20-25(45-46(36,43)44)8-10-26(24)27(28)11-13-34(29,35)6/h8,10,20,23,27-30,42H,7,9,11-19,21-22H2,1-6H3,(H,37,40)(H2,36,43,44)/t27-,28-,29+,30+,34+,35-/m1/s1. The van der Waals surface area contributed by atoms with Gasteiger partial charge in [0.15, 0.2) is 0 Å². The van der Waals surface area contributed by atoms with E-state index >= 15 is 0 Å². The number of piperazine rings is 1. The molecule has 258 valence electrons. The van der Waals surface area contributed by atoms with Gasteiger partial charge in [-0.3, -0.25) is 14.5 Å². The second kappa shape index (κ2) is 13.0. The zero-order valence-corrected chi connectivity index (χ0v) is 29.5. The number of amides is 2. The van der Waals surface area contributed by atoms with Gasteiger partial charge in [0.1, 0.15) is 11.8 Å². The smallest absolute Gasteiger partial charge is 0.380 e. The number of hydrogen-bond acceptors (Lipinski definition) is 7. The molecule has 2 amide bonds. The largest absolute Gasteiger partial charge is 0.388 e. The van der Waals surface area contributed by atoms with Crippen LogP contribution in [-0.2, 0) is 26.3 Å². The van der Waals surface area contributed by atoms with Crippen molar-refractivity contribution in [2.75, 3.05) is 32.7 Å². The molecular formula is C35H56N4O6S. The Hall–Kier alpha value is -2.21. The molecule has 4 N–H and O–H groups in total. The average molecular weight is 661 g/mol. The molecule has 1 heterocycles. The lowest BCUT2D eigenvalue weighted by Crippen LogP contribution is -2.60. The van der Waals surface area contributed by atoms with Gasteiger partial charge in [0.25, 0.3) is 0 Å². The molecule has 0 spiro atoms. The molecule has 10 nitrogen and oxygen atoms in total. The topological polar surface area (TPSA) is 142 Å². The first-order valence-corrected chi connectivity index (χ1v) is 18.7. The Labute approximate surface area is 276 Å². The lowest BCUT2D eigenvalue weighted by atomic mass is 9.53. The van der Waals surface area contributed by atoms with Crippen LogP contribution in [0.4, 0.5) is 0 Å². The van der Waals surface area contributed by atoms with Gasteiger partial charge in [0.05, 0.1) is 5.60 Å². The van der Waals surface area contributed by atoms with Crippen molar-refractivity contribution in [3.8, 4) is 5.75 Å². The third kappa shape index (κ3) is 7.58. The Morgan fingerprint density at radius 2 is 1.80 bits per heavy atom. The highest BCUT2D eigenvalue weighted by Gasteiger charge is 2.61. The molecule has 11 heteroatoms. The van der Waals surface area contributed by atoms with Gasteiger partial charge in [-0.25, -0.2) is 0 Å². The maximum atomic E-state index is 13.6. The van der Waals surface area contributed by atoms with E-state index in [9.17, 15) is 23.1 Å². The third-order valence-corrected chi connectivity index (χ3v) is 11.9. The van der Waals surface area contributed by atoms with Crippen molar-refractivity contribution in [3.63, 3.8) is 0 Å². The predicted molar refractivity (Wildman–Crippen MR) is 178 cm³/mol. The third-order valence-electron chi connectivity index (χ3n) is 11.4. The van der Waals surface area contributed by atoms with E-state index in [1.807, 2.05) is 37.8 Å². The summed E-state index contributed by atoms with van der Waals surface area (Å²) in [4.78, 5) is 30.6. The van der Waals surface area contributed by atoms with Gasteiger partial charge in [-0.2, -0.15) is 13.6 Å². The first-order valence-electron chi connectivity index (χ1n) is 17.3. The van der Waals surface area contributed by atoms with E-state index in [0.29, 0.717) is 63.3 Å². The molecule has 0 unspecified atom stereocenters. The maximum Gasteiger partial charge on any atom is 0.380 e. The number of carbonyl (C=O) groups excluding carboxylic acids is 2. The number of β-amino-alcohol motifs (C(OH)–C–C–N with tert-alkyl or cyclic N) is 1. The minimum atomic E-state index is -4.06. The highest BCUT2D eigenvalue weighted by atomic mass is 32.2. The van der Waals surface area contributed by atoms with Crippen LogP contribution in [0, 0.1) is 28.6 Å². The van der Waals surface area contributed by atoms with E-state index in [-0.39, 0.29) is 34.3 Å². The molecule has 5 rings (SSSR count). The average Bonchev–Trinajstić information content (AvgIpc) is 3.20. The fraction of sp³-hybridized carbons (Fsp3) is 0.771. The highest BCUT2D eigenvalue weighted by Crippen LogP contribution is 2.64. The Balaban J connectivity index is 1.20. The van der Waals surface area contributed by atoms with Crippen LogP contribution >= 0.6 is 0 Å². The molecule has 3 aliphatic carbocycles. The van der Waals surface area contributed by atoms with Crippen molar-refractivity contribution in [2.45, 2.75) is 110 Å². The maximum absolute atomic E-state index is 13.6. The molecule has 1 aliphatic heterocycles. The summed E-state index contributed by atoms with van der Waals surface area (Å²) in [6.07, 6.45) is 6.57. The normalized spacial score (nSPS) is 30.7. The molecule has 0 bridgehead atoms. The number of hydrogen-bond donors (Lipinski definition) is 3. The number of carbonyl (C=O) groups is 2. The van der Waals surface area contributed by atoms with E-state index in [0.717, 1.165) is 44.1 Å². The number of nitrogens with two attached hydrogens (primary N) is 1. The number of rotatable bonds is 9. The zero-order valence-electron chi connectivity index (χ0n) is 28.7. The lowest BCUT2D eigenvalue weighted by molar-refractivity contribution is -0.141. The van der Waals surface area contributed by atoms with Crippen LogP contribution in [0.5, 0.6) is 5.75 Å². The van der Waals surface area contributed by atoms with E-state index in [2.05, 4.69) is 31.0 Å². The van der Waals surface area contributed by atoms with E-state index in [4.69, 9.17) is 9.32 Å². The number of nitrogens with zero attached hydrogens (tertiary/aromatic N) is 2. The minimum absolute atomic E-state index is 0.00134. The molecule has 2 saturated carbocycles. The van der Waals surface area contributed by atoms with E-state index < -0.39 is 21.9 Å². The summed E-state index contributed by atoms with van der Waals surface area (Å²) in [7, 11) is -4.06. The quantitative estimate of drug-likeness (QED) is 0.364. The molecule has 0 aromatic heterocycles. The minimum Gasteiger partial charge on any atom is -0.388 e. The van der Waals surface area contributed by atoms with Crippen molar-refractivity contribution in [1.29, 1.82) is 0 Å². The summed E-state index contributed by atoms with van der Waals surface area (Å²) in [6.45, 7) is 15.8. The second-order valence-electron chi connectivity index (χ2n) is 16.5. The summed E-state index contributed by atoms with van der Waals surface area (Å²) in [5.74, 6) is 1.76. The first-order chi connectivity index (χ1) is 21.4. The summed E-state index contributed by atoms with van der Waals surface area (Å²) in [5.41, 5.74) is 1.30. The molecular weight excluding hydrogens is 604 g/mol. The predicted octanol–water partition coefficient (Wildman–Crippen LogP) is 3.97. The van der Waals surface area contributed by atoms with Gasteiger partial charge in [0.2, 0.25) is 11.8 Å². The van der Waals surface area contributed by atoms with Crippen molar-refractivity contribution in [1.82, 2.24) is 15.1 Å². The molecule has 6 atom stereocenters. The van der Waals surface area contributed by atoms with Crippen LogP contribution in [0.3, 0.4) is 0 Å². The highest BCUT2D eigenvalue weighted by molar-refractivity contribution is 7.84. The van der Waals surface area contributed by atoms with E-state index in [1.54, 1.807) is 6.07 Å². The first kappa shape index (κ1) is 35.1. The van der Waals surface area contributed by atoms with Crippen LogP contribution in [0.25, 0.3) is 0 Å². The van der Waals surface area contributed by atoms with Crippen LogP contribution in [-0.4, -0.2) is 79.5 Å². The number of nitrogens with one attached hydrogen (secondary N) is 1. The summed E-state index contributed by atoms with van der Waals surface area (Å²) < 4.78 is 27.8. The van der Waals surface area contributed by atoms with Crippen LogP contribution in [0.1, 0.15) is 104 Å². The molecule has 46 heavy (non-hydrogen) atoms. The molecule has 3 fully saturated rings. The van der Waals surface area contributed by atoms with Crippen molar-refractivity contribution in [2.24, 2.45) is 33.7 Å². The summed E-state index contributed by atoms with van der Waals surface area (Å²) in [5, 5.41) is 20.4. The Morgan fingerprint density at radius 1 is 1.11 bits per heavy atom. The molecule has 4 aliphatic rings. The summed E-state index contributed by atoms with van der Waals surface area (Å²) >= 11 is 0. The van der Waals surface area contributed by atoms with Crippen LogP contribution in [0.15, 0.2) is 18.2 Å². The Kier molecular flexibility index (Phi) is 9.93. The van der Waals surface area contributed by atoms with Crippen LogP contribution < -0.4 is 14.6 Å². The van der Waals surface area contributed by atoms with Gasteiger partial charge >= 0.3 is 10.3 Å².